The molecule has 116 valence electrons. The molecule has 2 aliphatic rings. The molecule has 7 heteroatoms. The minimum atomic E-state index is -3.35. The monoisotopic (exact) mass is 310 g/mol. The number of nitrogens with one attached hydrogen (secondary N) is 2. The van der Waals surface area contributed by atoms with Gasteiger partial charge >= 0.3 is 0 Å². The van der Waals surface area contributed by atoms with Gasteiger partial charge in [0.05, 0.1) is 4.90 Å². The largest absolute Gasteiger partial charge is 0.319 e. The number of anilines is 1. The Hall–Kier alpha value is -1.15. The number of hydrogen-bond acceptors (Lipinski definition) is 5. The van der Waals surface area contributed by atoms with Gasteiger partial charge in [0, 0.05) is 37.9 Å². The smallest absolute Gasteiger partial charge is 0.240 e. The van der Waals surface area contributed by atoms with Gasteiger partial charge in [0.2, 0.25) is 10.0 Å². The quantitative estimate of drug-likeness (QED) is 0.838. The summed E-state index contributed by atoms with van der Waals surface area (Å²) in [6.45, 7) is 3.98. The second-order valence-corrected chi connectivity index (χ2v) is 7.54. The molecule has 6 nitrogen and oxygen atoms in total. The van der Waals surface area contributed by atoms with Crippen LogP contribution in [0.15, 0.2) is 29.2 Å². The third kappa shape index (κ3) is 3.94. The average Bonchev–Trinajstić information content (AvgIpc) is 3.25. The zero-order valence-corrected chi connectivity index (χ0v) is 13.1. The van der Waals surface area contributed by atoms with Gasteiger partial charge in [0.15, 0.2) is 0 Å². The Bertz CT molecular complexity index is 575. The molecular formula is C14H22N4O2S. The van der Waals surface area contributed by atoms with E-state index in [-0.39, 0.29) is 6.04 Å². The normalized spacial score (nSPS) is 21.4. The Labute approximate surface area is 126 Å². The lowest BCUT2D eigenvalue weighted by Crippen LogP contribution is -2.46. The van der Waals surface area contributed by atoms with Gasteiger partial charge in [0.25, 0.3) is 0 Å². The van der Waals surface area contributed by atoms with E-state index in [1.807, 2.05) is 12.1 Å². The molecule has 0 amide bonds. The Balaban J connectivity index is 1.61. The Morgan fingerprint density at radius 1 is 1.05 bits per heavy atom. The van der Waals surface area contributed by atoms with Gasteiger partial charge in [-0.05, 0) is 44.2 Å². The van der Waals surface area contributed by atoms with E-state index in [4.69, 9.17) is 0 Å². The van der Waals surface area contributed by atoms with Crippen LogP contribution in [0, 0.1) is 0 Å². The summed E-state index contributed by atoms with van der Waals surface area (Å²) in [5.41, 5.74) is 4.25. The first-order valence-electron chi connectivity index (χ1n) is 7.35. The van der Waals surface area contributed by atoms with Gasteiger partial charge in [-0.3, -0.25) is 0 Å². The van der Waals surface area contributed by atoms with Crippen LogP contribution in [0.3, 0.4) is 0 Å². The van der Waals surface area contributed by atoms with Crippen molar-refractivity contribution in [1.29, 1.82) is 0 Å². The standard InChI is InChI=1S/C14H22N4O2S/c1-17-8-10-18(11-9-17)15-12-4-6-14(7-5-12)21(19,20)16-13-2-3-13/h4-7,13,15-16H,2-3,8-11H2,1H3. The predicted octanol–water partition coefficient (Wildman–Crippen LogP) is 0.702. The second kappa shape index (κ2) is 5.92. The van der Waals surface area contributed by atoms with Crippen LogP contribution in [0.5, 0.6) is 0 Å². The molecule has 0 atom stereocenters. The summed E-state index contributed by atoms with van der Waals surface area (Å²) in [6, 6.07) is 7.09. The van der Waals surface area contributed by atoms with E-state index >= 15 is 0 Å². The second-order valence-electron chi connectivity index (χ2n) is 5.82. The number of piperazine rings is 1. The van der Waals surface area contributed by atoms with Gasteiger partial charge in [-0.15, -0.1) is 0 Å². The van der Waals surface area contributed by atoms with E-state index < -0.39 is 10.0 Å². The van der Waals surface area contributed by atoms with Crippen molar-refractivity contribution in [3.05, 3.63) is 24.3 Å². The van der Waals surface area contributed by atoms with Crippen molar-refractivity contribution in [2.75, 3.05) is 38.7 Å². The Morgan fingerprint density at radius 2 is 1.67 bits per heavy atom. The summed E-state index contributed by atoms with van der Waals surface area (Å²) in [7, 11) is -1.24. The highest BCUT2D eigenvalue weighted by Crippen LogP contribution is 2.22. The number of benzene rings is 1. The third-order valence-electron chi connectivity index (χ3n) is 3.85. The molecule has 1 aromatic carbocycles. The first kappa shape index (κ1) is 14.8. The molecule has 0 radical (unpaired) electrons. The molecule has 1 aliphatic carbocycles. The number of rotatable bonds is 5. The highest BCUT2D eigenvalue weighted by molar-refractivity contribution is 7.89. The maximum absolute atomic E-state index is 12.1. The first-order chi connectivity index (χ1) is 10.0. The number of hydrogen-bond donors (Lipinski definition) is 2. The molecule has 1 aromatic rings. The summed E-state index contributed by atoms with van der Waals surface area (Å²) in [5.74, 6) is 0. The van der Waals surface area contributed by atoms with Gasteiger partial charge in [0.1, 0.15) is 0 Å². The SMILES string of the molecule is CN1CCN(Nc2ccc(S(=O)(=O)NC3CC3)cc2)CC1. The molecule has 1 aliphatic heterocycles. The summed E-state index contributed by atoms with van der Waals surface area (Å²) >= 11 is 0. The molecule has 0 unspecified atom stereocenters. The molecule has 1 saturated heterocycles. The van der Waals surface area contributed by atoms with E-state index in [9.17, 15) is 8.42 Å². The fourth-order valence-corrected chi connectivity index (χ4v) is 3.60. The number of nitrogens with zero attached hydrogens (tertiary/aromatic N) is 2. The third-order valence-corrected chi connectivity index (χ3v) is 5.39. The van der Waals surface area contributed by atoms with E-state index in [1.54, 1.807) is 12.1 Å². The molecule has 3 rings (SSSR count). The number of hydrazine groups is 1. The predicted molar refractivity (Wildman–Crippen MR) is 82.5 cm³/mol. The molecule has 2 N–H and O–H groups in total. The zero-order valence-electron chi connectivity index (χ0n) is 12.2. The minimum absolute atomic E-state index is 0.137. The first-order valence-corrected chi connectivity index (χ1v) is 8.84. The van der Waals surface area contributed by atoms with Crippen molar-refractivity contribution >= 4 is 15.7 Å². The lowest BCUT2D eigenvalue weighted by molar-refractivity contribution is 0.179. The summed E-state index contributed by atoms with van der Waals surface area (Å²) in [5, 5.41) is 2.16. The number of sulfonamides is 1. The molecule has 2 fully saturated rings. The molecule has 21 heavy (non-hydrogen) atoms. The maximum Gasteiger partial charge on any atom is 0.240 e. The zero-order chi connectivity index (χ0) is 14.9. The Kier molecular flexibility index (Phi) is 4.17. The lowest BCUT2D eigenvalue weighted by Gasteiger charge is -2.33. The molecule has 1 saturated carbocycles. The van der Waals surface area contributed by atoms with E-state index in [0.717, 1.165) is 44.7 Å². The summed E-state index contributed by atoms with van der Waals surface area (Å²) in [4.78, 5) is 2.62. The summed E-state index contributed by atoms with van der Waals surface area (Å²) in [6.07, 6.45) is 1.89. The van der Waals surface area contributed by atoms with Gasteiger partial charge in [-0.2, -0.15) is 0 Å². The molecule has 0 aromatic heterocycles. The molecule has 0 spiro atoms. The van der Waals surface area contributed by atoms with Crippen LogP contribution < -0.4 is 10.1 Å². The topological polar surface area (TPSA) is 64.7 Å². The van der Waals surface area contributed by atoms with Gasteiger partial charge in [-0.25, -0.2) is 18.1 Å². The van der Waals surface area contributed by atoms with Crippen molar-refractivity contribution in [1.82, 2.24) is 14.6 Å². The van der Waals surface area contributed by atoms with Crippen LogP contribution in [0.2, 0.25) is 0 Å². The lowest BCUT2D eigenvalue weighted by atomic mass is 10.3. The van der Waals surface area contributed by atoms with Crippen LogP contribution in [0.25, 0.3) is 0 Å². The van der Waals surface area contributed by atoms with E-state index in [0.29, 0.717) is 4.90 Å². The fraction of sp³-hybridized carbons (Fsp3) is 0.571. The van der Waals surface area contributed by atoms with Crippen LogP contribution >= 0.6 is 0 Å². The van der Waals surface area contributed by atoms with Crippen molar-refractivity contribution in [2.24, 2.45) is 0 Å². The van der Waals surface area contributed by atoms with Crippen LogP contribution in [0.1, 0.15) is 12.8 Å². The van der Waals surface area contributed by atoms with Crippen molar-refractivity contribution in [3.63, 3.8) is 0 Å². The van der Waals surface area contributed by atoms with Crippen molar-refractivity contribution in [2.45, 2.75) is 23.8 Å². The number of likely N-dealkylation sites (N-methyl/N-ethyl adjacent to an activating group) is 1. The van der Waals surface area contributed by atoms with E-state index in [1.165, 1.54) is 0 Å². The highest BCUT2D eigenvalue weighted by Gasteiger charge is 2.27. The fourth-order valence-electron chi connectivity index (χ4n) is 2.30. The van der Waals surface area contributed by atoms with Crippen LogP contribution in [-0.4, -0.2) is 57.6 Å². The molecule has 0 bridgehead atoms. The molecule has 1 heterocycles. The minimum Gasteiger partial charge on any atom is -0.319 e. The Morgan fingerprint density at radius 3 is 2.24 bits per heavy atom. The molecular weight excluding hydrogens is 288 g/mol. The van der Waals surface area contributed by atoms with E-state index in [2.05, 4.69) is 27.1 Å². The van der Waals surface area contributed by atoms with Gasteiger partial charge < -0.3 is 10.3 Å². The van der Waals surface area contributed by atoms with Crippen molar-refractivity contribution < 1.29 is 8.42 Å². The van der Waals surface area contributed by atoms with Gasteiger partial charge in [-0.1, -0.05) is 0 Å². The highest BCUT2D eigenvalue weighted by atomic mass is 32.2. The average molecular weight is 310 g/mol. The van der Waals surface area contributed by atoms with Crippen LogP contribution in [0.4, 0.5) is 5.69 Å². The maximum atomic E-state index is 12.1. The summed E-state index contributed by atoms with van der Waals surface area (Å²) < 4.78 is 26.8. The van der Waals surface area contributed by atoms with Crippen LogP contribution in [-0.2, 0) is 10.0 Å². The van der Waals surface area contributed by atoms with Crippen molar-refractivity contribution in [3.8, 4) is 0 Å².